The smallest absolute Gasteiger partial charge is 0.252 e. The zero-order valence-electron chi connectivity index (χ0n) is 43.9. The maximum atomic E-state index is 9.23. The summed E-state index contributed by atoms with van der Waals surface area (Å²) in [4.78, 5) is 5.01. The maximum absolute atomic E-state index is 9.23. The molecule has 4 heteroatoms. The summed E-state index contributed by atoms with van der Waals surface area (Å²) in [5, 5.41) is 2.49. The number of aryl methyl sites for hydroxylation is 1. The van der Waals surface area contributed by atoms with E-state index in [0.717, 1.165) is 61.3 Å². The van der Waals surface area contributed by atoms with Crippen molar-refractivity contribution in [3.05, 3.63) is 136 Å². The molecule has 0 spiro atoms. The third-order valence-electron chi connectivity index (χ3n) is 17.7. The van der Waals surface area contributed by atoms with Gasteiger partial charge in [-0.2, -0.15) is 0 Å². The van der Waals surface area contributed by atoms with Crippen LogP contribution < -0.4 is 26.2 Å². The largest absolute Gasteiger partial charge is 0.311 e. The number of nitrogens with zero attached hydrogens (tertiary/aromatic N) is 2. The van der Waals surface area contributed by atoms with Gasteiger partial charge in [0, 0.05) is 48.0 Å². The summed E-state index contributed by atoms with van der Waals surface area (Å²) in [7, 11) is 0. The normalized spacial score (nSPS) is 21.8. The van der Waals surface area contributed by atoms with Gasteiger partial charge in [-0.1, -0.05) is 132 Å². The fraction of sp³-hybridized carbons (Fsp3) is 0.410. The van der Waals surface area contributed by atoms with Crippen LogP contribution in [0.4, 0.5) is 34.1 Å². The molecular formula is C61H67BN2S. The van der Waals surface area contributed by atoms with Gasteiger partial charge in [-0.05, 0) is 182 Å². The van der Waals surface area contributed by atoms with E-state index in [2.05, 4.69) is 190 Å². The molecule has 0 radical (unpaired) electrons. The van der Waals surface area contributed by atoms with Crippen LogP contribution in [0, 0.1) is 6.85 Å². The van der Waals surface area contributed by atoms with Gasteiger partial charge >= 0.3 is 0 Å². The fourth-order valence-corrected chi connectivity index (χ4v) is 14.5. The molecule has 1 aromatic heterocycles. The zero-order chi connectivity index (χ0) is 48.0. The highest BCUT2D eigenvalue weighted by atomic mass is 32.1. The Morgan fingerprint density at radius 1 is 0.446 bits per heavy atom. The van der Waals surface area contributed by atoms with Crippen molar-refractivity contribution < 1.29 is 4.11 Å². The monoisotopic (exact) mass is 874 g/mol. The standard InChI is InChI=1S/C61H67BN2S/c1-36-29-51-54-52(30-36)64(48-19-16-18-39-38-17-14-15-20-53(38)65-55(39)48)50-35-45-43(59(8,9)26-28-61(45,12)13)33-47(50)62(54)46-32-42-44(60(10,11)27-25-58(42,6)7)34-49(46)63(51)37-21-22-40-41(31-37)57(4,5)24-23-56(40,2)3/h14-22,29-35H,23-28H2,1-13H3/i1D3. The third kappa shape index (κ3) is 5.84. The number of hydrogen-bond acceptors (Lipinski definition) is 3. The second-order valence-electron chi connectivity index (χ2n) is 24.7. The zero-order valence-corrected chi connectivity index (χ0v) is 41.7. The van der Waals surface area contributed by atoms with Crippen molar-refractivity contribution in [2.75, 3.05) is 9.80 Å². The molecular weight excluding hydrogens is 804 g/mol. The first-order valence-electron chi connectivity index (χ1n) is 26.0. The lowest BCUT2D eigenvalue weighted by Crippen LogP contribution is -2.62. The first-order valence-corrected chi connectivity index (χ1v) is 25.3. The van der Waals surface area contributed by atoms with Crippen LogP contribution in [0.5, 0.6) is 0 Å². The molecule has 0 amide bonds. The van der Waals surface area contributed by atoms with Gasteiger partial charge in [0.2, 0.25) is 0 Å². The van der Waals surface area contributed by atoms with Gasteiger partial charge < -0.3 is 9.80 Å². The molecule has 2 nitrogen and oxygen atoms in total. The Bertz CT molecular complexity index is 3330. The Morgan fingerprint density at radius 2 is 0.923 bits per heavy atom. The molecule has 0 saturated heterocycles. The summed E-state index contributed by atoms with van der Waals surface area (Å²) in [5.41, 5.74) is 19.2. The van der Waals surface area contributed by atoms with Crippen molar-refractivity contribution in [3.63, 3.8) is 0 Å². The number of benzene rings is 6. The lowest BCUT2D eigenvalue weighted by molar-refractivity contribution is 0.332. The van der Waals surface area contributed by atoms with Crippen LogP contribution in [0.15, 0.2) is 97.1 Å². The predicted molar refractivity (Wildman–Crippen MR) is 284 cm³/mol. The molecule has 330 valence electrons. The molecule has 2 aliphatic heterocycles. The molecule has 5 aliphatic rings. The minimum absolute atomic E-state index is 0.0113. The molecule has 0 saturated carbocycles. The average Bonchev–Trinajstić information content (AvgIpc) is 3.66. The van der Waals surface area contributed by atoms with Gasteiger partial charge in [-0.25, -0.2) is 0 Å². The van der Waals surface area contributed by atoms with Crippen molar-refractivity contribution in [1.29, 1.82) is 0 Å². The highest BCUT2D eigenvalue weighted by Crippen LogP contribution is 2.55. The molecule has 3 aliphatic carbocycles. The van der Waals surface area contributed by atoms with Crippen molar-refractivity contribution in [3.8, 4) is 0 Å². The van der Waals surface area contributed by atoms with Gasteiger partial charge in [0.15, 0.2) is 0 Å². The molecule has 0 N–H and O–H groups in total. The summed E-state index contributed by atoms with van der Waals surface area (Å²) >= 11 is 1.84. The van der Waals surface area contributed by atoms with Gasteiger partial charge in [0.1, 0.15) is 0 Å². The van der Waals surface area contributed by atoms with Crippen molar-refractivity contribution in [2.45, 2.75) is 161 Å². The van der Waals surface area contributed by atoms with Gasteiger partial charge in [0.05, 0.1) is 10.4 Å². The number of rotatable bonds is 2. The van der Waals surface area contributed by atoms with Crippen molar-refractivity contribution in [2.24, 2.45) is 0 Å². The Morgan fingerprint density at radius 3 is 1.49 bits per heavy atom. The molecule has 12 rings (SSSR count). The van der Waals surface area contributed by atoms with E-state index in [1.807, 2.05) is 11.3 Å². The van der Waals surface area contributed by atoms with E-state index in [1.54, 1.807) is 0 Å². The van der Waals surface area contributed by atoms with Crippen LogP contribution >= 0.6 is 11.3 Å². The summed E-state index contributed by atoms with van der Waals surface area (Å²) in [6.45, 7) is 26.7. The van der Waals surface area contributed by atoms with Gasteiger partial charge in [0.25, 0.3) is 6.71 Å². The molecule has 6 aromatic carbocycles. The van der Waals surface area contributed by atoms with Gasteiger partial charge in [-0.3, -0.25) is 0 Å². The first-order chi connectivity index (χ1) is 31.8. The number of fused-ring (bicyclic) bond motifs is 10. The van der Waals surface area contributed by atoms with E-state index >= 15 is 0 Å². The second-order valence-corrected chi connectivity index (χ2v) is 25.8. The number of hydrogen-bond donors (Lipinski definition) is 0. The highest BCUT2D eigenvalue weighted by molar-refractivity contribution is 7.26. The van der Waals surface area contributed by atoms with Crippen molar-refractivity contribution >= 4 is 88.7 Å². The summed E-state index contributed by atoms with van der Waals surface area (Å²) in [6, 6.07) is 37.2. The highest BCUT2D eigenvalue weighted by Gasteiger charge is 2.49. The third-order valence-corrected chi connectivity index (χ3v) is 18.9. The van der Waals surface area contributed by atoms with Crippen molar-refractivity contribution in [1.82, 2.24) is 0 Å². The number of thiophene rings is 1. The lowest BCUT2D eigenvalue weighted by Gasteiger charge is -2.49. The molecule has 0 fully saturated rings. The molecule has 3 heterocycles. The summed E-state index contributed by atoms with van der Waals surface area (Å²) in [5.74, 6) is 0. The summed E-state index contributed by atoms with van der Waals surface area (Å²) in [6.07, 6.45) is 6.72. The van der Waals surface area contributed by atoms with E-state index in [4.69, 9.17) is 0 Å². The van der Waals surface area contributed by atoms with Crippen LogP contribution in [-0.2, 0) is 32.5 Å². The predicted octanol–water partition coefficient (Wildman–Crippen LogP) is 15.5. The quantitative estimate of drug-likeness (QED) is 0.160. The van der Waals surface area contributed by atoms with Crippen LogP contribution in [-0.4, -0.2) is 6.71 Å². The molecule has 0 atom stereocenters. The van der Waals surface area contributed by atoms with Crippen LogP contribution in [0.25, 0.3) is 20.2 Å². The topological polar surface area (TPSA) is 6.48 Å². The lowest BCUT2D eigenvalue weighted by atomic mass is 9.32. The first kappa shape index (κ1) is 38.3. The second kappa shape index (κ2) is 13.2. The summed E-state index contributed by atoms with van der Waals surface area (Å²) < 4.78 is 30.1. The molecule has 65 heavy (non-hydrogen) atoms. The van der Waals surface area contributed by atoms with E-state index in [0.29, 0.717) is 5.56 Å². The Hall–Kier alpha value is -4.80. The Balaban J connectivity index is 1.26. The van der Waals surface area contributed by atoms with E-state index < -0.39 is 6.85 Å². The van der Waals surface area contributed by atoms with Crippen LogP contribution in [0.3, 0.4) is 0 Å². The van der Waals surface area contributed by atoms with Crippen LogP contribution in [0.1, 0.15) is 165 Å². The van der Waals surface area contributed by atoms with E-state index in [1.165, 1.54) is 81.3 Å². The minimum atomic E-state index is -2.35. The number of anilines is 6. The van der Waals surface area contributed by atoms with E-state index in [-0.39, 0.29) is 39.2 Å². The van der Waals surface area contributed by atoms with Crippen LogP contribution in [0.2, 0.25) is 0 Å². The average molecular weight is 874 g/mol. The molecule has 7 aromatic rings. The Kier molecular flexibility index (Phi) is 7.79. The molecule has 0 bridgehead atoms. The Labute approximate surface area is 397 Å². The molecule has 0 unspecified atom stereocenters. The fourth-order valence-electron chi connectivity index (χ4n) is 13.3. The minimum Gasteiger partial charge on any atom is -0.311 e. The maximum Gasteiger partial charge on any atom is 0.252 e. The SMILES string of the molecule is [2H]C([2H])([2H])c1cc2c3c(c1)N(c1cccc4c1sc1ccccc14)c1cc4c(cc1B3c1cc3c(cc1N2c1ccc2c(c1)C(C)(C)CCC2(C)C)C(C)(C)CCC3(C)C)C(C)(C)CCC4(C)C. The van der Waals surface area contributed by atoms with Gasteiger partial charge in [-0.15, -0.1) is 11.3 Å². The van der Waals surface area contributed by atoms with E-state index in [9.17, 15) is 4.11 Å².